The van der Waals surface area contributed by atoms with Crippen molar-refractivity contribution in [3.63, 3.8) is 0 Å². The molecule has 1 aromatic rings. The lowest BCUT2D eigenvalue weighted by molar-refractivity contribution is -0.164. The van der Waals surface area contributed by atoms with Crippen LogP contribution in [-0.4, -0.2) is 25.2 Å². The number of hydrogen-bond donors (Lipinski definition) is 0. The standard InChI is InChI=1S/C12H16O5/c1-4-15-10(13)12(3,11(14)16-5-2)9-7-6-8-17-9/h6-8H,4-5H2,1-3H3. The van der Waals surface area contributed by atoms with E-state index in [1.54, 1.807) is 26.0 Å². The summed E-state index contributed by atoms with van der Waals surface area (Å²) in [5.41, 5.74) is -1.55. The van der Waals surface area contributed by atoms with Gasteiger partial charge in [-0.3, -0.25) is 9.59 Å². The third-order valence-electron chi connectivity index (χ3n) is 2.38. The minimum absolute atomic E-state index is 0.189. The molecule has 0 unspecified atom stereocenters. The molecule has 0 spiro atoms. The van der Waals surface area contributed by atoms with Crippen molar-refractivity contribution in [3.05, 3.63) is 24.2 Å². The summed E-state index contributed by atoms with van der Waals surface area (Å²) in [7, 11) is 0. The summed E-state index contributed by atoms with van der Waals surface area (Å²) in [4.78, 5) is 23.8. The number of carbonyl (C=O) groups excluding carboxylic acids is 2. The molecule has 0 bridgehead atoms. The molecule has 0 saturated carbocycles. The molecule has 0 N–H and O–H groups in total. The molecule has 5 heteroatoms. The number of ether oxygens (including phenoxy) is 2. The maximum Gasteiger partial charge on any atom is 0.331 e. The molecule has 0 radical (unpaired) electrons. The van der Waals surface area contributed by atoms with Gasteiger partial charge >= 0.3 is 11.9 Å². The quantitative estimate of drug-likeness (QED) is 0.578. The van der Waals surface area contributed by atoms with E-state index < -0.39 is 17.4 Å². The largest absolute Gasteiger partial charge is 0.468 e. The molecule has 5 nitrogen and oxygen atoms in total. The minimum atomic E-state index is -1.55. The van der Waals surface area contributed by atoms with Gasteiger partial charge in [-0.15, -0.1) is 0 Å². The van der Waals surface area contributed by atoms with Gasteiger partial charge in [-0.2, -0.15) is 0 Å². The van der Waals surface area contributed by atoms with Gasteiger partial charge in [0.05, 0.1) is 19.5 Å². The van der Waals surface area contributed by atoms with Gasteiger partial charge in [-0.05, 0) is 32.9 Å². The highest BCUT2D eigenvalue weighted by Crippen LogP contribution is 2.27. The normalized spacial score (nSPS) is 11.0. The number of rotatable bonds is 5. The molecular weight excluding hydrogens is 224 g/mol. The van der Waals surface area contributed by atoms with E-state index in [0.717, 1.165) is 0 Å². The Morgan fingerprint density at radius 2 is 1.76 bits per heavy atom. The SMILES string of the molecule is CCOC(=O)C(C)(C(=O)OCC)c1ccco1. The highest BCUT2D eigenvalue weighted by molar-refractivity contribution is 6.05. The van der Waals surface area contributed by atoms with Gasteiger partial charge in [-0.1, -0.05) is 0 Å². The van der Waals surface area contributed by atoms with Crippen LogP contribution in [0.3, 0.4) is 0 Å². The first kappa shape index (κ1) is 13.3. The molecule has 0 amide bonds. The van der Waals surface area contributed by atoms with Gasteiger partial charge in [-0.25, -0.2) is 0 Å². The molecule has 0 atom stereocenters. The summed E-state index contributed by atoms with van der Waals surface area (Å²) < 4.78 is 14.9. The number of hydrogen-bond acceptors (Lipinski definition) is 5. The fraction of sp³-hybridized carbons (Fsp3) is 0.500. The molecule has 0 aliphatic carbocycles. The first-order valence-electron chi connectivity index (χ1n) is 5.45. The van der Waals surface area contributed by atoms with E-state index in [0.29, 0.717) is 0 Å². The molecular formula is C12H16O5. The predicted molar refractivity (Wildman–Crippen MR) is 59.3 cm³/mol. The molecule has 17 heavy (non-hydrogen) atoms. The average Bonchev–Trinajstić information content (AvgIpc) is 2.82. The van der Waals surface area contributed by atoms with Gasteiger partial charge in [0.15, 0.2) is 0 Å². The smallest absolute Gasteiger partial charge is 0.331 e. The maximum atomic E-state index is 11.9. The lowest BCUT2D eigenvalue weighted by Crippen LogP contribution is -2.43. The Labute approximate surface area is 99.7 Å². The number of furan rings is 1. The average molecular weight is 240 g/mol. The van der Waals surface area contributed by atoms with Crippen molar-refractivity contribution in [1.82, 2.24) is 0 Å². The lowest BCUT2D eigenvalue weighted by Gasteiger charge is -2.22. The zero-order valence-electron chi connectivity index (χ0n) is 10.2. The van der Waals surface area contributed by atoms with Crippen LogP contribution in [0.1, 0.15) is 26.5 Å². The van der Waals surface area contributed by atoms with E-state index in [-0.39, 0.29) is 19.0 Å². The van der Waals surface area contributed by atoms with Crippen molar-refractivity contribution in [2.24, 2.45) is 0 Å². The van der Waals surface area contributed by atoms with E-state index in [1.807, 2.05) is 0 Å². The Hall–Kier alpha value is -1.78. The predicted octanol–water partition coefficient (Wildman–Crippen LogP) is 1.66. The van der Waals surface area contributed by atoms with Crippen LogP contribution >= 0.6 is 0 Å². The molecule has 0 aliphatic heterocycles. The van der Waals surface area contributed by atoms with E-state index in [9.17, 15) is 9.59 Å². The molecule has 0 saturated heterocycles. The summed E-state index contributed by atoms with van der Waals surface area (Å²) in [6.45, 7) is 5.15. The Bertz CT molecular complexity index is 362. The van der Waals surface area contributed by atoms with Crippen molar-refractivity contribution in [1.29, 1.82) is 0 Å². The Balaban J connectivity index is 3.09. The summed E-state index contributed by atoms with van der Waals surface area (Å²) in [5.74, 6) is -1.13. The summed E-state index contributed by atoms with van der Waals surface area (Å²) >= 11 is 0. The van der Waals surface area contributed by atoms with Crippen molar-refractivity contribution in [3.8, 4) is 0 Å². The molecule has 0 aromatic carbocycles. The van der Waals surface area contributed by atoms with Gasteiger partial charge in [0.25, 0.3) is 0 Å². The Morgan fingerprint density at radius 3 is 2.12 bits per heavy atom. The molecule has 0 fully saturated rings. The molecule has 1 aromatic heterocycles. The Morgan fingerprint density at radius 1 is 1.24 bits per heavy atom. The van der Waals surface area contributed by atoms with Crippen molar-refractivity contribution in [2.75, 3.05) is 13.2 Å². The van der Waals surface area contributed by atoms with Gasteiger partial charge < -0.3 is 13.9 Å². The topological polar surface area (TPSA) is 65.7 Å². The van der Waals surface area contributed by atoms with Crippen LogP contribution in [0, 0.1) is 0 Å². The van der Waals surface area contributed by atoms with Crippen LogP contribution in [0.15, 0.2) is 22.8 Å². The highest BCUT2D eigenvalue weighted by atomic mass is 16.6. The first-order chi connectivity index (χ1) is 8.07. The van der Waals surface area contributed by atoms with Crippen LogP contribution in [0.25, 0.3) is 0 Å². The zero-order chi connectivity index (χ0) is 12.9. The monoisotopic (exact) mass is 240 g/mol. The van der Waals surface area contributed by atoms with E-state index >= 15 is 0 Å². The first-order valence-corrected chi connectivity index (χ1v) is 5.45. The van der Waals surface area contributed by atoms with E-state index in [1.165, 1.54) is 13.2 Å². The molecule has 1 rings (SSSR count). The van der Waals surface area contributed by atoms with Gasteiger partial charge in [0, 0.05) is 0 Å². The van der Waals surface area contributed by atoms with Crippen molar-refractivity contribution in [2.45, 2.75) is 26.2 Å². The zero-order valence-corrected chi connectivity index (χ0v) is 10.2. The van der Waals surface area contributed by atoms with Gasteiger partial charge in [0.2, 0.25) is 5.41 Å². The minimum Gasteiger partial charge on any atom is -0.468 e. The van der Waals surface area contributed by atoms with Crippen molar-refractivity contribution >= 4 is 11.9 Å². The maximum absolute atomic E-state index is 11.9. The van der Waals surface area contributed by atoms with Crippen LogP contribution in [0.5, 0.6) is 0 Å². The fourth-order valence-corrected chi connectivity index (χ4v) is 1.40. The van der Waals surface area contributed by atoms with Crippen molar-refractivity contribution < 1.29 is 23.5 Å². The number of carbonyl (C=O) groups is 2. The van der Waals surface area contributed by atoms with Crippen LogP contribution < -0.4 is 0 Å². The molecule has 94 valence electrons. The summed E-state index contributed by atoms with van der Waals surface area (Å²) in [6, 6.07) is 3.15. The second kappa shape index (κ2) is 5.52. The molecule has 0 aliphatic rings. The third kappa shape index (κ3) is 2.49. The fourth-order valence-electron chi connectivity index (χ4n) is 1.40. The van der Waals surface area contributed by atoms with Gasteiger partial charge in [0.1, 0.15) is 5.76 Å². The van der Waals surface area contributed by atoms with Crippen LogP contribution in [0.2, 0.25) is 0 Å². The lowest BCUT2D eigenvalue weighted by atomic mass is 9.88. The van der Waals surface area contributed by atoms with Crippen LogP contribution in [-0.2, 0) is 24.5 Å². The number of esters is 2. The Kier molecular flexibility index (Phi) is 4.31. The van der Waals surface area contributed by atoms with Crippen LogP contribution in [0.4, 0.5) is 0 Å². The second-order valence-corrected chi connectivity index (χ2v) is 3.54. The highest BCUT2D eigenvalue weighted by Gasteiger charge is 2.48. The van der Waals surface area contributed by atoms with E-state index in [2.05, 4.69) is 0 Å². The van der Waals surface area contributed by atoms with E-state index in [4.69, 9.17) is 13.9 Å². The third-order valence-corrected chi connectivity index (χ3v) is 2.38. The summed E-state index contributed by atoms with van der Waals surface area (Å²) in [5, 5.41) is 0. The second-order valence-electron chi connectivity index (χ2n) is 3.54. The molecule has 1 heterocycles. The summed E-state index contributed by atoms with van der Waals surface area (Å²) in [6.07, 6.45) is 1.39.